The van der Waals surface area contributed by atoms with E-state index in [2.05, 4.69) is 10.3 Å². The molecule has 3 rings (SSSR count). The normalized spacial score (nSPS) is 17.5. The molecule has 0 saturated heterocycles. The molecule has 1 N–H and O–H groups in total. The van der Waals surface area contributed by atoms with Crippen LogP contribution in [0.2, 0.25) is 5.02 Å². The van der Waals surface area contributed by atoms with Gasteiger partial charge >= 0.3 is 0 Å². The van der Waals surface area contributed by atoms with E-state index in [1.165, 1.54) is 4.88 Å². The molecule has 1 aliphatic carbocycles. The van der Waals surface area contributed by atoms with Gasteiger partial charge in [-0.25, -0.2) is 4.98 Å². The first-order chi connectivity index (χ1) is 10.7. The standard InChI is InChI=1S/C17H17ClN2OS/c1-19-17(21)13-6-3-7-14-16(13)20-15(22-14)9-8-11-4-2-5-12(18)10-11/h2,4-5,8-10,13H,3,6-7H2,1H3,(H,19,21)/b9-8+. The Hall–Kier alpha value is -1.65. The van der Waals surface area contributed by atoms with Crippen LogP contribution in [0.3, 0.4) is 0 Å². The summed E-state index contributed by atoms with van der Waals surface area (Å²) in [6, 6.07) is 7.70. The van der Waals surface area contributed by atoms with Crippen LogP contribution in [0, 0.1) is 0 Å². The van der Waals surface area contributed by atoms with Gasteiger partial charge in [0.2, 0.25) is 5.91 Å². The Morgan fingerprint density at radius 3 is 3.09 bits per heavy atom. The molecule has 1 heterocycles. The van der Waals surface area contributed by atoms with Crippen LogP contribution >= 0.6 is 22.9 Å². The van der Waals surface area contributed by atoms with E-state index in [1.54, 1.807) is 18.4 Å². The summed E-state index contributed by atoms with van der Waals surface area (Å²) < 4.78 is 0. The van der Waals surface area contributed by atoms with Crippen molar-refractivity contribution in [1.82, 2.24) is 10.3 Å². The predicted molar refractivity (Wildman–Crippen MR) is 92.2 cm³/mol. The highest BCUT2D eigenvalue weighted by Crippen LogP contribution is 2.35. The van der Waals surface area contributed by atoms with Gasteiger partial charge in [-0.2, -0.15) is 0 Å². The monoisotopic (exact) mass is 332 g/mol. The summed E-state index contributed by atoms with van der Waals surface area (Å²) in [5.41, 5.74) is 2.00. The molecule has 0 bridgehead atoms. The lowest BCUT2D eigenvalue weighted by Gasteiger charge is -2.19. The number of hydrogen-bond acceptors (Lipinski definition) is 3. The Kier molecular flexibility index (Phi) is 4.60. The number of nitrogens with one attached hydrogen (secondary N) is 1. The molecule has 2 aromatic rings. The van der Waals surface area contributed by atoms with Gasteiger partial charge in [0, 0.05) is 16.9 Å². The predicted octanol–water partition coefficient (Wildman–Crippen LogP) is 4.13. The summed E-state index contributed by atoms with van der Waals surface area (Å²) in [6.45, 7) is 0. The lowest BCUT2D eigenvalue weighted by molar-refractivity contribution is -0.122. The Labute approximate surface area is 139 Å². The van der Waals surface area contributed by atoms with Crippen LogP contribution in [0.5, 0.6) is 0 Å². The maximum Gasteiger partial charge on any atom is 0.228 e. The van der Waals surface area contributed by atoms with Gasteiger partial charge in [0.25, 0.3) is 0 Å². The first kappa shape index (κ1) is 15.3. The molecule has 0 radical (unpaired) electrons. The Bertz CT molecular complexity index is 723. The topological polar surface area (TPSA) is 42.0 Å². The third-order valence-electron chi connectivity index (χ3n) is 3.80. The number of fused-ring (bicyclic) bond motifs is 1. The Balaban J connectivity index is 1.85. The Morgan fingerprint density at radius 1 is 1.45 bits per heavy atom. The summed E-state index contributed by atoms with van der Waals surface area (Å²) in [5.74, 6) is -0.0325. The van der Waals surface area contributed by atoms with Gasteiger partial charge in [-0.3, -0.25) is 4.79 Å². The van der Waals surface area contributed by atoms with Crippen molar-refractivity contribution in [3.63, 3.8) is 0 Å². The number of rotatable bonds is 3. The number of benzene rings is 1. The number of aryl methyl sites for hydroxylation is 1. The molecule has 22 heavy (non-hydrogen) atoms. The average molecular weight is 333 g/mol. The number of aromatic nitrogens is 1. The molecule has 3 nitrogen and oxygen atoms in total. The molecular weight excluding hydrogens is 316 g/mol. The fraction of sp³-hybridized carbons (Fsp3) is 0.294. The molecule has 0 saturated carbocycles. The minimum Gasteiger partial charge on any atom is -0.359 e. The van der Waals surface area contributed by atoms with Crippen LogP contribution in [0.1, 0.15) is 39.9 Å². The summed E-state index contributed by atoms with van der Waals surface area (Å²) >= 11 is 7.67. The maximum absolute atomic E-state index is 12.0. The fourth-order valence-electron chi connectivity index (χ4n) is 2.72. The number of thiazole rings is 1. The zero-order chi connectivity index (χ0) is 15.5. The smallest absolute Gasteiger partial charge is 0.228 e. The fourth-order valence-corrected chi connectivity index (χ4v) is 3.99. The molecule has 1 aliphatic rings. The summed E-state index contributed by atoms with van der Waals surface area (Å²) in [5, 5.41) is 4.41. The van der Waals surface area contributed by atoms with Gasteiger partial charge in [0.05, 0.1) is 11.6 Å². The SMILES string of the molecule is CNC(=O)C1CCCc2sc(/C=C/c3cccc(Cl)c3)nc21. The molecule has 0 fully saturated rings. The largest absolute Gasteiger partial charge is 0.359 e. The average Bonchev–Trinajstić information content (AvgIpc) is 2.95. The highest BCUT2D eigenvalue weighted by molar-refractivity contribution is 7.12. The van der Waals surface area contributed by atoms with Crippen LogP contribution in [-0.2, 0) is 11.2 Å². The second kappa shape index (κ2) is 6.63. The van der Waals surface area contributed by atoms with E-state index in [0.29, 0.717) is 0 Å². The first-order valence-corrected chi connectivity index (χ1v) is 8.51. The molecule has 1 aromatic carbocycles. The maximum atomic E-state index is 12.0. The molecule has 1 amide bonds. The minimum atomic E-state index is -0.0988. The highest BCUT2D eigenvalue weighted by Gasteiger charge is 2.29. The zero-order valence-electron chi connectivity index (χ0n) is 12.3. The van der Waals surface area contributed by atoms with Crippen molar-refractivity contribution in [3.05, 3.63) is 50.4 Å². The van der Waals surface area contributed by atoms with Crippen LogP contribution in [0.15, 0.2) is 24.3 Å². The van der Waals surface area contributed by atoms with Crippen molar-refractivity contribution < 1.29 is 4.79 Å². The third kappa shape index (κ3) is 3.23. The number of halogens is 1. The van der Waals surface area contributed by atoms with Crippen molar-refractivity contribution >= 4 is 41.0 Å². The van der Waals surface area contributed by atoms with Crippen LogP contribution in [0.4, 0.5) is 0 Å². The molecule has 0 aliphatic heterocycles. The Morgan fingerprint density at radius 2 is 2.32 bits per heavy atom. The van der Waals surface area contributed by atoms with Gasteiger partial charge in [0.1, 0.15) is 5.01 Å². The van der Waals surface area contributed by atoms with Crippen LogP contribution in [-0.4, -0.2) is 17.9 Å². The van der Waals surface area contributed by atoms with E-state index >= 15 is 0 Å². The molecule has 1 unspecified atom stereocenters. The number of likely N-dealkylation sites (N-methyl/N-ethyl adjacent to an activating group) is 1. The number of nitrogens with zero attached hydrogens (tertiary/aromatic N) is 1. The second-order valence-electron chi connectivity index (χ2n) is 5.31. The van der Waals surface area contributed by atoms with E-state index in [0.717, 1.165) is 40.6 Å². The number of carbonyl (C=O) groups excluding carboxylic acids is 1. The van der Waals surface area contributed by atoms with Crippen LogP contribution < -0.4 is 5.32 Å². The van der Waals surface area contributed by atoms with Gasteiger partial charge in [-0.15, -0.1) is 11.3 Å². The van der Waals surface area contributed by atoms with E-state index in [-0.39, 0.29) is 11.8 Å². The van der Waals surface area contributed by atoms with Crippen molar-refractivity contribution in [1.29, 1.82) is 0 Å². The van der Waals surface area contributed by atoms with Gasteiger partial charge in [-0.1, -0.05) is 29.8 Å². The molecule has 1 aromatic heterocycles. The second-order valence-corrected chi connectivity index (χ2v) is 6.86. The van der Waals surface area contributed by atoms with E-state index in [1.807, 2.05) is 36.4 Å². The highest BCUT2D eigenvalue weighted by atomic mass is 35.5. The van der Waals surface area contributed by atoms with E-state index in [4.69, 9.17) is 11.6 Å². The van der Waals surface area contributed by atoms with Crippen molar-refractivity contribution in [2.75, 3.05) is 7.05 Å². The minimum absolute atomic E-state index is 0.0663. The summed E-state index contributed by atoms with van der Waals surface area (Å²) in [4.78, 5) is 17.9. The first-order valence-electron chi connectivity index (χ1n) is 7.32. The molecule has 1 atom stereocenters. The van der Waals surface area contributed by atoms with Crippen LogP contribution in [0.25, 0.3) is 12.2 Å². The summed E-state index contributed by atoms with van der Waals surface area (Å²) in [7, 11) is 1.68. The van der Waals surface area contributed by atoms with Gasteiger partial charge in [0.15, 0.2) is 0 Å². The molecule has 0 spiro atoms. The molecule has 114 valence electrons. The zero-order valence-corrected chi connectivity index (χ0v) is 13.9. The number of carbonyl (C=O) groups is 1. The van der Waals surface area contributed by atoms with Crippen molar-refractivity contribution in [3.8, 4) is 0 Å². The molecule has 5 heteroatoms. The van der Waals surface area contributed by atoms with Crippen molar-refractivity contribution in [2.24, 2.45) is 0 Å². The lowest BCUT2D eigenvalue weighted by atomic mass is 9.90. The summed E-state index contributed by atoms with van der Waals surface area (Å²) in [6.07, 6.45) is 6.95. The number of hydrogen-bond donors (Lipinski definition) is 1. The van der Waals surface area contributed by atoms with E-state index < -0.39 is 0 Å². The number of amides is 1. The van der Waals surface area contributed by atoms with Crippen molar-refractivity contribution in [2.45, 2.75) is 25.2 Å². The van der Waals surface area contributed by atoms with E-state index in [9.17, 15) is 4.79 Å². The molecular formula is C17H17ClN2OS. The van der Waals surface area contributed by atoms with Gasteiger partial charge in [-0.05, 0) is 43.0 Å². The lowest BCUT2D eigenvalue weighted by Crippen LogP contribution is -2.28. The quantitative estimate of drug-likeness (QED) is 0.918. The van der Waals surface area contributed by atoms with Gasteiger partial charge < -0.3 is 5.32 Å². The third-order valence-corrected chi connectivity index (χ3v) is 5.13.